The number of benzene rings is 1. The second-order valence-corrected chi connectivity index (χ2v) is 4.13. The van der Waals surface area contributed by atoms with E-state index in [-0.39, 0.29) is 54.3 Å². The molecule has 0 bridgehead atoms. The minimum Gasteiger partial charge on any atom is -0.478 e. The van der Waals surface area contributed by atoms with Crippen molar-refractivity contribution < 1.29 is 9.90 Å². The van der Waals surface area contributed by atoms with Crippen LogP contribution in [-0.4, -0.2) is 60.0 Å². The molecule has 0 amide bonds. The van der Waals surface area contributed by atoms with Gasteiger partial charge in [0.2, 0.25) is 0 Å². The maximum Gasteiger partial charge on any atom is 0.335 e. The molecule has 0 spiro atoms. The number of hydrogen-bond acceptors (Lipinski definition) is 1. The largest absolute Gasteiger partial charge is 0.478 e. The third-order valence-corrected chi connectivity index (χ3v) is 2.00. The van der Waals surface area contributed by atoms with Crippen molar-refractivity contribution in [2.75, 3.05) is 0 Å². The van der Waals surface area contributed by atoms with Gasteiger partial charge in [-0.1, -0.05) is 32.9 Å². The molecule has 2 radical (unpaired) electrons. The van der Waals surface area contributed by atoms with Crippen molar-refractivity contribution in [1.29, 1.82) is 0 Å². The Morgan fingerprint density at radius 2 is 1.57 bits per heavy atom. The molecule has 0 unspecified atom stereocenters. The molecule has 0 saturated heterocycles. The van der Waals surface area contributed by atoms with Crippen LogP contribution in [0.2, 0.25) is 0 Å². The molecule has 0 atom stereocenters. The van der Waals surface area contributed by atoms with E-state index in [1.807, 2.05) is 12.1 Å². The molecule has 1 aromatic rings. The molecule has 1 rings (SSSR count). The summed E-state index contributed by atoms with van der Waals surface area (Å²) in [5.41, 5.74) is 1.57. The van der Waals surface area contributed by atoms with E-state index in [9.17, 15) is 4.79 Å². The summed E-state index contributed by atoms with van der Waals surface area (Å²) in [6.07, 6.45) is 0. The van der Waals surface area contributed by atoms with Crippen LogP contribution in [0.1, 0.15) is 36.7 Å². The Morgan fingerprint density at radius 3 is 1.86 bits per heavy atom. The van der Waals surface area contributed by atoms with Crippen LogP contribution < -0.4 is 0 Å². The van der Waals surface area contributed by atoms with Crippen molar-refractivity contribution in [1.82, 2.24) is 0 Å². The molecule has 72 valence electrons. The van der Waals surface area contributed by atoms with Gasteiger partial charge in [0, 0.05) is 48.9 Å². The molecule has 0 aliphatic rings. The van der Waals surface area contributed by atoms with Crippen LogP contribution in [0.5, 0.6) is 0 Å². The predicted molar refractivity (Wildman–Crippen MR) is 57.9 cm³/mol. The van der Waals surface area contributed by atoms with E-state index in [1.54, 1.807) is 12.1 Å². The molecular formula is C11H14BaO2. The molecular weight excluding hydrogens is 301 g/mol. The number of carbonyl (C=O) groups is 1. The quantitative estimate of drug-likeness (QED) is 0.808. The Balaban J connectivity index is 0.00000169. The van der Waals surface area contributed by atoms with Crippen molar-refractivity contribution in [3.05, 3.63) is 35.4 Å². The van der Waals surface area contributed by atoms with Gasteiger partial charge < -0.3 is 5.11 Å². The van der Waals surface area contributed by atoms with E-state index in [1.165, 1.54) is 0 Å². The molecule has 2 nitrogen and oxygen atoms in total. The number of rotatable bonds is 1. The number of carboxylic acid groups (broad SMARTS) is 1. The molecule has 3 heteroatoms. The first-order chi connectivity index (χ1) is 5.91. The Bertz CT molecular complexity index is 309. The SMILES string of the molecule is CC(C)(C)c1ccc(C(=O)O)cc1.[Ba]. The molecule has 1 N–H and O–H groups in total. The normalized spacial score (nSPS) is 10.5. The van der Waals surface area contributed by atoms with E-state index >= 15 is 0 Å². The first kappa shape index (κ1) is 14.3. The molecule has 0 aromatic heterocycles. The fourth-order valence-electron chi connectivity index (χ4n) is 1.11. The Kier molecular flexibility index (Phi) is 5.47. The van der Waals surface area contributed by atoms with E-state index in [0.29, 0.717) is 5.56 Å². The van der Waals surface area contributed by atoms with E-state index in [4.69, 9.17) is 5.11 Å². The van der Waals surface area contributed by atoms with Gasteiger partial charge in [0.15, 0.2) is 0 Å². The Hall–Kier alpha value is 0.261. The maximum atomic E-state index is 10.6. The van der Waals surface area contributed by atoms with Crippen molar-refractivity contribution in [3.63, 3.8) is 0 Å². The van der Waals surface area contributed by atoms with Crippen LogP contribution in [-0.2, 0) is 5.41 Å². The van der Waals surface area contributed by atoms with Crippen LogP contribution in [0.25, 0.3) is 0 Å². The Labute approximate surface area is 125 Å². The zero-order valence-corrected chi connectivity index (χ0v) is 13.3. The summed E-state index contributed by atoms with van der Waals surface area (Å²) in [6.45, 7) is 6.30. The summed E-state index contributed by atoms with van der Waals surface area (Å²) in [4.78, 5) is 10.6. The Morgan fingerprint density at radius 1 is 1.14 bits per heavy atom. The van der Waals surface area contributed by atoms with Gasteiger partial charge in [-0.25, -0.2) is 4.79 Å². The van der Waals surface area contributed by atoms with Crippen LogP contribution in [0.15, 0.2) is 24.3 Å². The second-order valence-electron chi connectivity index (χ2n) is 4.13. The summed E-state index contributed by atoms with van der Waals surface area (Å²) in [5.74, 6) is -0.875. The van der Waals surface area contributed by atoms with Gasteiger partial charge in [0.1, 0.15) is 0 Å². The first-order valence-electron chi connectivity index (χ1n) is 4.25. The average Bonchev–Trinajstić information content (AvgIpc) is 2.03. The zero-order chi connectivity index (χ0) is 10.1. The first-order valence-corrected chi connectivity index (χ1v) is 4.25. The van der Waals surface area contributed by atoms with Crippen molar-refractivity contribution in [3.8, 4) is 0 Å². The number of carboxylic acids is 1. The number of aromatic carboxylic acids is 1. The predicted octanol–water partition coefficient (Wildman–Crippen LogP) is 2.30. The monoisotopic (exact) mass is 316 g/mol. The van der Waals surface area contributed by atoms with Gasteiger partial charge in [-0.05, 0) is 23.1 Å². The molecule has 14 heavy (non-hydrogen) atoms. The molecule has 1 aromatic carbocycles. The van der Waals surface area contributed by atoms with Crippen LogP contribution >= 0.6 is 0 Å². The number of hydrogen-bond donors (Lipinski definition) is 1. The summed E-state index contributed by atoms with van der Waals surface area (Å²) < 4.78 is 0. The van der Waals surface area contributed by atoms with Crippen LogP contribution in [0, 0.1) is 0 Å². The minimum absolute atomic E-state index is 0. The zero-order valence-electron chi connectivity index (χ0n) is 8.87. The van der Waals surface area contributed by atoms with Gasteiger partial charge in [-0.3, -0.25) is 0 Å². The fourth-order valence-corrected chi connectivity index (χ4v) is 1.11. The van der Waals surface area contributed by atoms with E-state index in [2.05, 4.69) is 20.8 Å². The molecule has 0 aliphatic heterocycles. The van der Waals surface area contributed by atoms with Gasteiger partial charge >= 0.3 is 5.97 Å². The molecule has 0 aliphatic carbocycles. The fraction of sp³-hybridized carbons (Fsp3) is 0.364. The standard InChI is InChI=1S/C11H14O2.Ba/c1-11(2,3)9-6-4-8(5-7-9)10(12)13;/h4-7H,1-3H3,(H,12,13);. The topological polar surface area (TPSA) is 37.3 Å². The summed E-state index contributed by atoms with van der Waals surface area (Å²) >= 11 is 0. The molecule has 0 saturated carbocycles. The third kappa shape index (κ3) is 3.79. The summed E-state index contributed by atoms with van der Waals surface area (Å²) in [6, 6.07) is 7.01. The van der Waals surface area contributed by atoms with Crippen molar-refractivity contribution in [2.24, 2.45) is 0 Å². The minimum atomic E-state index is -0.875. The van der Waals surface area contributed by atoms with Crippen molar-refractivity contribution >= 4 is 54.9 Å². The van der Waals surface area contributed by atoms with Crippen LogP contribution in [0.4, 0.5) is 0 Å². The molecule has 0 fully saturated rings. The van der Waals surface area contributed by atoms with Crippen LogP contribution in [0.3, 0.4) is 0 Å². The van der Waals surface area contributed by atoms with Gasteiger partial charge in [-0.15, -0.1) is 0 Å². The average molecular weight is 316 g/mol. The maximum absolute atomic E-state index is 10.6. The van der Waals surface area contributed by atoms with Gasteiger partial charge in [-0.2, -0.15) is 0 Å². The van der Waals surface area contributed by atoms with Crippen molar-refractivity contribution in [2.45, 2.75) is 26.2 Å². The smallest absolute Gasteiger partial charge is 0.335 e. The molecule has 0 heterocycles. The van der Waals surface area contributed by atoms with Gasteiger partial charge in [0.05, 0.1) is 5.56 Å². The van der Waals surface area contributed by atoms with E-state index < -0.39 is 5.97 Å². The third-order valence-electron chi connectivity index (χ3n) is 2.00. The summed E-state index contributed by atoms with van der Waals surface area (Å²) in [7, 11) is 0. The van der Waals surface area contributed by atoms with E-state index in [0.717, 1.165) is 5.56 Å². The van der Waals surface area contributed by atoms with Gasteiger partial charge in [0.25, 0.3) is 0 Å². The second kappa shape index (κ2) is 5.37. The summed E-state index contributed by atoms with van der Waals surface area (Å²) in [5, 5.41) is 8.68.